The lowest BCUT2D eigenvalue weighted by molar-refractivity contribution is 0.0685. The summed E-state index contributed by atoms with van der Waals surface area (Å²) in [6, 6.07) is 10.5. The molecule has 0 saturated heterocycles. The maximum absolute atomic E-state index is 12.1. The quantitative estimate of drug-likeness (QED) is 0.941. The molecule has 3 nitrogen and oxygen atoms in total. The Kier molecular flexibility index (Phi) is 4.58. The standard InChI is InChI=1S/C14H14ClNO2S/c1-16(9-12(17)13-3-2-8-19-13)14(18)10-4-6-11(15)7-5-10/h2-8,12,17H,9H2,1H3. The van der Waals surface area contributed by atoms with Gasteiger partial charge in [0.1, 0.15) is 6.10 Å². The average Bonchev–Trinajstić information content (AvgIpc) is 2.92. The molecular formula is C14H14ClNO2S. The second-order valence-electron chi connectivity index (χ2n) is 4.22. The normalized spacial score (nSPS) is 12.2. The van der Waals surface area contributed by atoms with Crippen molar-refractivity contribution < 1.29 is 9.90 Å². The summed E-state index contributed by atoms with van der Waals surface area (Å²) in [6.07, 6.45) is -0.652. The van der Waals surface area contributed by atoms with E-state index >= 15 is 0 Å². The van der Waals surface area contributed by atoms with Gasteiger partial charge >= 0.3 is 0 Å². The third-order valence-electron chi connectivity index (χ3n) is 2.76. The molecule has 0 aliphatic carbocycles. The lowest BCUT2D eigenvalue weighted by Crippen LogP contribution is -2.30. The summed E-state index contributed by atoms with van der Waals surface area (Å²) < 4.78 is 0. The molecule has 2 rings (SSSR count). The third kappa shape index (κ3) is 3.56. The van der Waals surface area contributed by atoms with Crippen LogP contribution in [0.2, 0.25) is 5.02 Å². The minimum absolute atomic E-state index is 0.132. The number of halogens is 1. The molecule has 1 unspecified atom stereocenters. The van der Waals surface area contributed by atoms with Crippen LogP contribution in [0.5, 0.6) is 0 Å². The molecule has 0 fully saturated rings. The van der Waals surface area contributed by atoms with Gasteiger partial charge in [0.05, 0.1) is 6.54 Å². The highest BCUT2D eigenvalue weighted by atomic mass is 35.5. The number of benzene rings is 1. The fraction of sp³-hybridized carbons (Fsp3) is 0.214. The van der Waals surface area contributed by atoms with E-state index in [1.807, 2.05) is 17.5 Å². The number of likely N-dealkylation sites (N-methyl/N-ethyl adjacent to an activating group) is 1. The fourth-order valence-electron chi connectivity index (χ4n) is 1.73. The van der Waals surface area contributed by atoms with Gasteiger partial charge in [0.15, 0.2) is 0 Å². The van der Waals surface area contributed by atoms with Gasteiger partial charge in [0.25, 0.3) is 5.91 Å². The number of nitrogens with zero attached hydrogens (tertiary/aromatic N) is 1. The lowest BCUT2D eigenvalue weighted by atomic mass is 10.2. The zero-order valence-corrected chi connectivity index (χ0v) is 12.0. The van der Waals surface area contributed by atoms with Gasteiger partial charge in [-0.15, -0.1) is 11.3 Å². The third-order valence-corrected chi connectivity index (χ3v) is 3.98. The van der Waals surface area contributed by atoms with Gasteiger partial charge in [0, 0.05) is 22.5 Å². The van der Waals surface area contributed by atoms with E-state index in [2.05, 4.69) is 0 Å². The molecule has 0 bridgehead atoms. The zero-order chi connectivity index (χ0) is 13.8. The van der Waals surface area contributed by atoms with Crippen molar-refractivity contribution in [3.8, 4) is 0 Å². The van der Waals surface area contributed by atoms with Crippen LogP contribution in [0.15, 0.2) is 41.8 Å². The Morgan fingerprint density at radius 3 is 2.63 bits per heavy atom. The van der Waals surface area contributed by atoms with Crippen LogP contribution in [0.4, 0.5) is 0 Å². The van der Waals surface area contributed by atoms with Crippen molar-refractivity contribution in [1.29, 1.82) is 0 Å². The van der Waals surface area contributed by atoms with E-state index in [0.29, 0.717) is 10.6 Å². The second kappa shape index (κ2) is 6.19. The molecule has 1 atom stereocenters. The number of hydrogen-bond acceptors (Lipinski definition) is 3. The van der Waals surface area contributed by atoms with Crippen LogP contribution in [0.3, 0.4) is 0 Å². The van der Waals surface area contributed by atoms with Gasteiger partial charge in [0.2, 0.25) is 0 Å². The molecule has 2 aromatic rings. The Morgan fingerprint density at radius 1 is 1.37 bits per heavy atom. The number of amides is 1. The molecule has 0 radical (unpaired) electrons. The summed E-state index contributed by atoms with van der Waals surface area (Å²) in [7, 11) is 1.67. The maximum Gasteiger partial charge on any atom is 0.253 e. The van der Waals surface area contributed by atoms with Gasteiger partial charge in [-0.05, 0) is 35.7 Å². The second-order valence-corrected chi connectivity index (χ2v) is 5.64. The van der Waals surface area contributed by atoms with Crippen molar-refractivity contribution >= 4 is 28.8 Å². The Morgan fingerprint density at radius 2 is 2.05 bits per heavy atom. The Hall–Kier alpha value is -1.36. The maximum atomic E-state index is 12.1. The molecule has 0 aliphatic heterocycles. The van der Waals surface area contributed by atoms with E-state index in [4.69, 9.17) is 11.6 Å². The van der Waals surface area contributed by atoms with Crippen LogP contribution in [-0.2, 0) is 0 Å². The molecule has 1 amide bonds. The average molecular weight is 296 g/mol. The topological polar surface area (TPSA) is 40.5 Å². The molecule has 1 aromatic carbocycles. The first kappa shape index (κ1) is 14.1. The van der Waals surface area contributed by atoms with Crippen LogP contribution in [-0.4, -0.2) is 29.5 Å². The van der Waals surface area contributed by atoms with E-state index in [0.717, 1.165) is 4.88 Å². The summed E-state index contributed by atoms with van der Waals surface area (Å²) in [6.45, 7) is 0.266. The molecule has 1 aromatic heterocycles. The van der Waals surface area contributed by atoms with Crippen molar-refractivity contribution in [3.05, 3.63) is 57.2 Å². The highest BCUT2D eigenvalue weighted by molar-refractivity contribution is 7.10. The van der Waals surface area contributed by atoms with Crippen LogP contribution in [0.25, 0.3) is 0 Å². The highest BCUT2D eigenvalue weighted by Crippen LogP contribution is 2.20. The number of aliphatic hydroxyl groups is 1. The molecule has 0 spiro atoms. The Labute approximate surface area is 121 Å². The SMILES string of the molecule is CN(CC(O)c1cccs1)C(=O)c1ccc(Cl)cc1. The summed E-state index contributed by atoms with van der Waals surface area (Å²) >= 11 is 7.26. The molecule has 1 heterocycles. The molecular weight excluding hydrogens is 282 g/mol. The molecule has 5 heteroatoms. The molecule has 1 N–H and O–H groups in total. The van der Waals surface area contributed by atoms with E-state index in [1.165, 1.54) is 16.2 Å². The van der Waals surface area contributed by atoms with Crippen molar-refractivity contribution in [2.24, 2.45) is 0 Å². The lowest BCUT2D eigenvalue weighted by Gasteiger charge is -2.20. The van der Waals surface area contributed by atoms with Crippen molar-refractivity contribution in [3.63, 3.8) is 0 Å². The van der Waals surface area contributed by atoms with Gasteiger partial charge < -0.3 is 10.0 Å². The van der Waals surface area contributed by atoms with Crippen LogP contribution >= 0.6 is 22.9 Å². The van der Waals surface area contributed by atoms with E-state index in [-0.39, 0.29) is 12.5 Å². The Balaban J connectivity index is 2.01. The Bertz CT molecular complexity index is 539. The van der Waals surface area contributed by atoms with Gasteiger partial charge in [-0.3, -0.25) is 4.79 Å². The minimum Gasteiger partial charge on any atom is -0.386 e. The highest BCUT2D eigenvalue weighted by Gasteiger charge is 2.17. The van der Waals surface area contributed by atoms with Crippen molar-refractivity contribution in [2.45, 2.75) is 6.10 Å². The van der Waals surface area contributed by atoms with E-state index in [9.17, 15) is 9.90 Å². The predicted octanol–water partition coefficient (Wildman–Crippen LogP) is 3.21. The first-order valence-corrected chi connectivity index (χ1v) is 7.06. The molecule has 100 valence electrons. The monoisotopic (exact) mass is 295 g/mol. The van der Waals surface area contributed by atoms with Crippen molar-refractivity contribution in [1.82, 2.24) is 4.90 Å². The molecule has 19 heavy (non-hydrogen) atoms. The number of carbonyl (C=O) groups is 1. The molecule has 0 aliphatic rings. The van der Waals surface area contributed by atoms with Crippen molar-refractivity contribution in [2.75, 3.05) is 13.6 Å². The fourth-order valence-corrected chi connectivity index (χ4v) is 2.56. The van der Waals surface area contributed by atoms with E-state index < -0.39 is 6.10 Å². The summed E-state index contributed by atoms with van der Waals surface area (Å²) in [5, 5.41) is 12.5. The first-order chi connectivity index (χ1) is 9.08. The van der Waals surface area contributed by atoms with Crippen LogP contribution in [0, 0.1) is 0 Å². The van der Waals surface area contributed by atoms with Gasteiger partial charge in [-0.2, -0.15) is 0 Å². The summed E-state index contributed by atoms with van der Waals surface area (Å²) in [5.74, 6) is -0.132. The van der Waals surface area contributed by atoms with Gasteiger partial charge in [-0.25, -0.2) is 0 Å². The minimum atomic E-state index is -0.652. The summed E-state index contributed by atoms with van der Waals surface area (Å²) in [4.78, 5) is 14.5. The predicted molar refractivity (Wildman–Crippen MR) is 77.7 cm³/mol. The first-order valence-electron chi connectivity index (χ1n) is 5.80. The number of thiophene rings is 1. The largest absolute Gasteiger partial charge is 0.386 e. The smallest absolute Gasteiger partial charge is 0.253 e. The summed E-state index contributed by atoms with van der Waals surface area (Å²) in [5.41, 5.74) is 0.560. The van der Waals surface area contributed by atoms with Crippen LogP contribution in [0.1, 0.15) is 21.3 Å². The number of rotatable bonds is 4. The number of aliphatic hydroxyl groups excluding tert-OH is 1. The van der Waals surface area contributed by atoms with Gasteiger partial charge in [-0.1, -0.05) is 17.7 Å². The van der Waals surface area contributed by atoms with Crippen LogP contribution < -0.4 is 0 Å². The number of carbonyl (C=O) groups excluding carboxylic acids is 1. The number of hydrogen-bond donors (Lipinski definition) is 1. The molecule has 0 saturated carbocycles. The zero-order valence-electron chi connectivity index (χ0n) is 10.4. The van der Waals surface area contributed by atoms with E-state index in [1.54, 1.807) is 31.3 Å².